The highest BCUT2D eigenvalue weighted by Gasteiger charge is 2.34. The van der Waals surface area contributed by atoms with Gasteiger partial charge in [-0.05, 0) is 33.0 Å². The van der Waals surface area contributed by atoms with Gasteiger partial charge in [0, 0.05) is 12.5 Å². The molecule has 1 rings (SSSR count). The third kappa shape index (κ3) is 4.21. The molecule has 0 spiro atoms. The third-order valence-corrected chi connectivity index (χ3v) is 3.02. The van der Waals surface area contributed by atoms with Crippen molar-refractivity contribution in [1.82, 2.24) is 5.32 Å². The van der Waals surface area contributed by atoms with Crippen LogP contribution >= 0.6 is 0 Å². The lowest BCUT2D eigenvalue weighted by Crippen LogP contribution is -2.50. The van der Waals surface area contributed by atoms with E-state index in [2.05, 4.69) is 5.32 Å². The molecule has 2 unspecified atom stereocenters. The maximum absolute atomic E-state index is 13.0. The number of nitrogens with one attached hydrogen (secondary N) is 1. The molecule has 0 aliphatic heterocycles. The molecule has 0 bridgehead atoms. The van der Waals surface area contributed by atoms with Crippen molar-refractivity contribution >= 4 is 5.97 Å². The summed E-state index contributed by atoms with van der Waals surface area (Å²) in [7, 11) is 3.03. The number of halogens is 1. The quantitative estimate of drug-likeness (QED) is 0.804. The van der Waals surface area contributed by atoms with Crippen LogP contribution < -0.4 is 10.1 Å². The summed E-state index contributed by atoms with van der Waals surface area (Å²) >= 11 is 0. The number of likely N-dealkylation sites (N-methyl/N-ethyl adjacent to an activating group) is 1. The smallest absolute Gasteiger partial charge is 0.325 e. The molecule has 1 aromatic rings. The second-order valence-electron chi connectivity index (χ2n) is 4.66. The zero-order valence-corrected chi connectivity index (χ0v) is 11.7. The van der Waals surface area contributed by atoms with Gasteiger partial charge >= 0.3 is 5.97 Å². The fourth-order valence-corrected chi connectivity index (χ4v) is 1.90. The average Bonchev–Trinajstić information content (AvgIpc) is 2.37. The lowest BCUT2D eigenvalue weighted by atomic mass is 9.95. The molecule has 0 aliphatic rings. The minimum Gasteiger partial charge on any atom is -0.491 e. The molecule has 4 nitrogen and oxygen atoms in total. The molecule has 0 saturated carbocycles. The van der Waals surface area contributed by atoms with Gasteiger partial charge in [0.2, 0.25) is 0 Å². The first-order valence-electron chi connectivity index (χ1n) is 6.11. The maximum Gasteiger partial charge on any atom is 0.325 e. The molecule has 0 radical (unpaired) electrons. The van der Waals surface area contributed by atoms with Gasteiger partial charge in [0.25, 0.3) is 0 Å². The molecular weight excluding hydrogens is 249 g/mol. The summed E-state index contributed by atoms with van der Waals surface area (Å²) in [4.78, 5) is 11.7. The van der Waals surface area contributed by atoms with E-state index < -0.39 is 5.54 Å². The zero-order chi connectivity index (χ0) is 14.5. The lowest BCUT2D eigenvalue weighted by Gasteiger charge is -2.29. The Hall–Kier alpha value is -1.62. The number of ether oxygens (including phenoxy) is 2. The minimum absolute atomic E-state index is 0.265. The van der Waals surface area contributed by atoms with Gasteiger partial charge in [-0.15, -0.1) is 0 Å². The van der Waals surface area contributed by atoms with Crippen LogP contribution in [0, 0.1) is 5.82 Å². The number of rotatable bonds is 6. The summed E-state index contributed by atoms with van der Waals surface area (Å²) in [6.45, 7) is 3.56. The fourth-order valence-electron chi connectivity index (χ4n) is 1.90. The van der Waals surface area contributed by atoms with Crippen LogP contribution in [0.5, 0.6) is 5.75 Å². The van der Waals surface area contributed by atoms with Gasteiger partial charge in [-0.3, -0.25) is 4.79 Å². The van der Waals surface area contributed by atoms with E-state index in [0.29, 0.717) is 12.2 Å². The molecule has 2 atom stereocenters. The Bertz CT molecular complexity index is 438. The first-order valence-corrected chi connectivity index (χ1v) is 6.11. The fraction of sp³-hybridized carbons (Fsp3) is 0.500. The molecule has 0 aliphatic carbocycles. The van der Waals surface area contributed by atoms with E-state index >= 15 is 0 Å². The van der Waals surface area contributed by atoms with Crippen LogP contribution in [-0.4, -0.2) is 31.8 Å². The highest BCUT2D eigenvalue weighted by Crippen LogP contribution is 2.20. The zero-order valence-electron chi connectivity index (χ0n) is 11.7. The summed E-state index contributed by atoms with van der Waals surface area (Å²) in [6.07, 6.45) is 0.144. The minimum atomic E-state index is -0.832. The van der Waals surface area contributed by atoms with Gasteiger partial charge in [-0.2, -0.15) is 0 Å². The Kier molecular flexibility index (Phi) is 5.30. The van der Waals surface area contributed by atoms with Gasteiger partial charge in [0.1, 0.15) is 17.1 Å². The molecular formula is C14H20FNO3. The van der Waals surface area contributed by atoms with Gasteiger partial charge in [0.05, 0.1) is 13.2 Å². The summed E-state index contributed by atoms with van der Waals surface area (Å²) in [6, 6.07) is 5.92. The van der Waals surface area contributed by atoms with Crippen molar-refractivity contribution in [2.24, 2.45) is 0 Å². The second kappa shape index (κ2) is 6.52. The van der Waals surface area contributed by atoms with Crippen LogP contribution in [0.2, 0.25) is 0 Å². The highest BCUT2D eigenvalue weighted by molar-refractivity contribution is 5.80. The Morgan fingerprint density at radius 3 is 2.74 bits per heavy atom. The number of carbonyl (C=O) groups excluding carboxylic acids is 1. The number of esters is 1. The molecule has 1 aromatic carbocycles. The molecule has 0 saturated heterocycles. The normalized spacial score (nSPS) is 15.4. The van der Waals surface area contributed by atoms with Gasteiger partial charge in [-0.25, -0.2) is 4.39 Å². The summed E-state index contributed by atoms with van der Waals surface area (Å²) in [5, 5.41) is 2.93. The number of hydrogen-bond acceptors (Lipinski definition) is 4. The number of benzene rings is 1. The van der Waals surface area contributed by atoms with Crippen LogP contribution in [0.25, 0.3) is 0 Å². The van der Waals surface area contributed by atoms with Crippen molar-refractivity contribution in [3.63, 3.8) is 0 Å². The van der Waals surface area contributed by atoms with Crippen LogP contribution in [0.1, 0.15) is 20.3 Å². The predicted molar refractivity (Wildman–Crippen MR) is 70.6 cm³/mol. The Morgan fingerprint density at radius 1 is 1.53 bits per heavy atom. The summed E-state index contributed by atoms with van der Waals surface area (Å²) in [5.74, 6) is -0.269. The van der Waals surface area contributed by atoms with Crippen molar-refractivity contribution in [1.29, 1.82) is 0 Å². The van der Waals surface area contributed by atoms with E-state index in [4.69, 9.17) is 9.47 Å². The molecule has 1 N–H and O–H groups in total. The standard InChI is InChI=1S/C14H20FNO3/c1-10(9-14(2,16-3)13(17)18-4)19-12-7-5-6-11(15)8-12/h5-8,10,16H,9H2,1-4H3. The summed E-state index contributed by atoms with van der Waals surface area (Å²) in [5.41, 5.74) is -0.832. The van der Waals surface area contributed by atoms with E-state index in [1.807, 2.05) is 6.92 Å². The Morgan fingerprint density at radius 2 is 2.21 bits per heavy atom. The van der Waals surface area contributed by atoms with Gasteiger partial charge < -0.3 is 14.8 Å². The molecule has 0 amide bonds. The molecule has 0 heterocycles. The first-order chi connectivity index (χ1) is 8.91. The van der Waals surface area contributed by atoms with Crippen molar-refractivity contribution in [3.8, 4) is 5.75 Å². The van der Waals surface area contributed by atoms with Crippen molar-refractivity contribution in [2.45, 2.75) is 31.9 Å². The largest absolute Gasteiger partial charge is 0.491 e. The molecule has 0 fully saturated rings. The van der Waals surface area contributed by atoms with E-state index in [1.54, 1.807) is 26.1 Å². The predicted octanol–water partition coefficient (Wildman–Crippen LogP) is 2.13. The van der Waals surface area contributed by atoms with E-state index in [0.717, 1.165) is 0 Å². The van der Waals surface area contributed by atoms with Crippen LogP contribution in [0.3, 0.4) is 0 Å². The van der Waals surface area contributed by atoms with Gasteiger partial charge in [0.15, 0.2) is 0 Å². The second-order valence-corrected chi connectivity index (χ2v) is 4.66. The monoisotopic (exact) mass is 269 g/mol. The Labute approximate surface area is 112 Å². The molecule has 5 heteroatoms. The molecule has 106 valence electrons. The van der Waals surface area contributed by atoms with Crippen molar-refractivity contribution in [2.75, 3.05) is 14.2 Å². The van der Waals surface area contributed by atoms with Crippen LogP contribution in [-0.2, 0) is 9.53 Å². The maximum atomic E-state index is 13.0. The lowest BCUT2D eigenvalue weighted by molar-refractivity contribution is -0.148. The molecule has 19 heavy (non-hydrogen) atoms. The third-order valence-electron chi connectivity index (χ3n) is 3.02. The molecule has 0 aromatic heterocycles. The van der Waals surface area contributed by atoms with Gasteiger partial charge in [-0.1, -0.05) is 6.07 Å². The van der Waals surface area contributed by atoms with Crippen LogP contribution in [0.4, 0.5) is 4.39 Å². The summed E-state index contributed by atoms with van der Waals surface area (Å²) < 4.78 is 23.4. The SMILES string of the molecule is CNC(C)(CC(C)Oc1cccc(F)c1)C(=O)OC. The number of hydrogen-bond donors (Lipinski definition) is 1. The van der Waals surface area contributed by atoms with E-state index in [9.17, 15) is 9.18 Å². The average molecular weight is 269 g/mol. The number of methoxy groups -OCH3 is 1. The van der Waals surface area contributed by atoms with E-state index in [1.165, 1.54) is 19.2 Å². The Balaban J connectivity index is 2.68. The topological polar surface area (TPSA) is 47.6 Å². The number of carbonyl (C=O) groups is 1. The van der Waals surface area contributed by atoms with Crippen molar-refractivity contribution in [3.05, 3.63) is 30.1 Å². The van der Waals surface area contributed by atoms with Crippen LogP contribution in [0.15, 0.2) is 24.3 Å². The van der Waals surface area contributed by atoms with E-state index in [-0.39, 0.29) is 17.9 Å². The van der Waals surface area contributed by atoms with Crippen molar-refractivity contribution < 1.29 is 18.7 Å². The first kappa shape index (κ1) is 15.4. The highest BCUT2D eigenvalue weighted by atomic mass is 19.1.